The Hall–Kier alpha value is -3.67. The molecule has 0 unspecified atom stereocenters. The first-order valence-corrected chi connectivity index (χ1v) is 15.0. The van der Waals surface area contributed by atoms with E-state index in [9.17, 15) is 18.0 Å². The summed E-state index contributed by atoms with van der Waals surface area (Å²) in [6.07, 6.45) is -7.65. The van der Waals surface area contributed by atoms with E-state index in [1.165, 1.54) is 31.4 Å². The van der Waals surface area contributed by atoms with Gasteiger partial charge in [0.25, 0.3) is 11.8 Å². The maximum atomic E-state index is 14.4. The van der Waals surface area contributed by atoms with Crippen LogP contribution < -0.4 is 9.46 Å². The fraction of sp³-hybridized carbons (Fsp3) is 0.438. The van der Waals surface area contributed by atoms with Gasteiger partial charge in [0.15, 0.2) is 0 Å². The van der Waals surface area contributed by atoms with Crippen molar-refractivity contribution in [3.8, 4) is 17.0 Å². The van der Waals surface area contributed by atoms with E-state index in [4.69, 9.17) is 25.9 Å². The molecule has 0 saturated heterocycles. The molecule has 228 valence electrons. The fourth-order valence-corrected chi connectivity index (χ4v) is 6.42. The van der Waals surface area contributed by atoms with E-state index in [1.807, 2.05) is 0 Å². The third-order valence-corrected chi connectivity index (χ3v) is 8.96. The van der Waals surface area contributed by atoms with Crippen LogP contribution >= 0.6 is 0 Å². The maximum Gasteiger partial charge on any atom is 0.303 e. The molecule has 4 bridgehead atoms. The average molecular weight is 619 g/mol. The molecular formula is C32H38N4O6S. The van der Waals surface area contributed by atoms with Gasteiger partial charge in [0, 0.05) is 71.1 Å². The quantitative estimate of drug-likeness (QED) is 0.462. The largest absolute Gasteiger partial charge is 0.497 e. The van der Waals surface area contributed by atoms with Crippen LogP contribution in [0.3, 0.4) is 0 Å². The van der Waals surface area contributed by atoms with Crippen LogP contribution in [-0.2, 0) is 26.3 Å². The Morgan fingerprint density at radius 1 is 1.05 bits per heavy atom. The minimum absolute atomic E-state index is 0.0474. The van der Waals surface area contributed by atoms with Crippen LogP contribution in [0.1, 0.15) is 75.8 Å². The topological polar surface area (TPSA) is 110 Å². The lowest BCUT2D eigenvalue weighted by Gasteiger charge is -2.24. The van der Waals surface area contributed by atoms with Crippen molar-refractivity contribution >= 4 is 39.0 Å². The summed E-state index contributed by atoms with van der Waals surface area (Å²) in [7, 11) is -3.61. The summed E-state index contributed by atoms with van der Waals surface area (Å²) in [4.78, 5) is 28.6. The highest BCUT2D eigenvalue weighted by molar-refractivity contribution is 7.87. The van der Waals surface area contributed by atoms with Gasteiger partial charge in [-0.2, -0.15) is 12.7 Å². The number of aromatic nitrogens is 1. The first-order chi connectivity index (χ1) is 25.3. The predicted octanol–water partition coefficient (Wildman–Crippen LogP) is 4.16. The second-order valence-electron chi connectivity index (χ2n) is 10.4. The zero-order valence-electron chi connectivity index (χ0n) is 35.3. The van der Waals surface area contributed by atoms with Crippen molar-refractivity contribution < 1.29 is 43.9 Å². The smallest absolute Gasteiger partial charge is 0.303 e. The number of amides is 2. The Bertz CT molecular complexity index is 2180. The average Bonchev–Trinajstić information content (AvgIpc) is 3.26. The molecule has 1 saturated carbocycles. The summed E-state index contributed by atoms with van der Waals surface area (Å²) in [5.41, 5.74) is 1.39. The number of hydrogen-bond acceptors (Lipinski definition) is 6. The number of ether oxygens (including phenoxy) is 2. The van der Waals surface area contributed by atoms with Gasteiger partial charge in [0.1, 0.15) is 5.75 Å². The van der Waals surface area contributed by atoms with E-state index < -0.39 is 100 Å². The fourth-order valence-electron chi connectivity index (χ4n) is 5.64. The number of nitrogens with one attached hydrogen (secondary N) is 1. The van der Waals surface area contributed by atoms with E-state index in [2.05, 4.69) is 0 Å². The molecular weight excluding hydrogens is 568 g/mol. The first-order valence-electron chi connectivity index (χ1n) is 19.6. The van der Waals surface area contributed by atoms with Crippen molar-refractivity contribution in [1.82, 2.24) is 18.5 Å². The van der Waals surface area contributed by atoms with Crippen molar-refractivity contribution in [2.75, 3.05) is 47.4 Å². The van der Waals surface area contributed by atoms with Gasteiger partial charge in [-0.05, 0) is 66.3 Å². The molecule has 10 nitrogen and oxygen atoms in total. The molecule has 0 spiro atoms. The molecule has 1 N–H and O–H groups in total. The number of carbonyl (C=O) groups excluding carboxylic acids is 2. The molecule has 6 rings (SSSR count). The second kappa shape index (κ2) is 11.8. The van der Waals surface area contributed by atoms with E-state index in [0.29, 0.717) is 38.4 Å². The van der Waals surface area contributed by atoms with E-state index in [1.54, 1.807) is 27.5 Å². The van der Waals surface area contributed by atoms with Crippen molar-refractivity contribution in [3.05, 3.63) is 58.7 Å². The Kier molecular flexibility index (Phi) is 4.99. The molecule has 3 aromatic rings. The third kappa shape index (κ3) is 5.57. The van der Waals surface area contributed by atoms with E-state index >= 15 is 0 Å². The molecule has 2 aromatic carbocycles. The van der Waals surface area contributed by atoms with Gasteiger partial charge in [-0.25, -0.2) is 4.72 Å². The zero-order valence-corrected chi connectivity index (χ0v) is 24.1. The minimum atomic E-state index is -5.04. The Labute approximate surface area is 269 Å². The monoisotopic (exact) mass is 618 g/mol. The number of carbonyl (C=O) groups is 2. The first kappa shape index (κ1) is 18.2. The lowest BCUT2D eigenvalue weighted by Crippen LogP contribution is -2.42. The molecule has 1 aromatic heterocycles. The highest BCUT2D eigenvalue weighted by Gasteiger charge is 2.31. The molecule has 11 heteroatoms. The molecule has 0 atom stereocenters. The summed E-state index contributed by atoms with van der Waals surface area (Å²) in [6.45, 7) is -8.85. The summed E-state index contributed by atoms with van der Waals surface area (Å²) in [6, 6.07) is 8.86. The Balaban J connectivity index is 1.66. The minimum Gasteiger partial charge on any atom is -0.497 e. The summed E-state index contributed by atoms with van der Waals surface area (Å²) in [5, 5.41) is 0.340. The molecule has 0 radical (unpaired) electrons. The third-order valence-electron chi connectivity index (χ3n) is 7.75. The van der Waals surface area contributed by atoms with Gasteiger partial charge in [-0.1, -0.05) is 25.2 Å². The number of rotatable bonds is 2. The van der Waals surface area contributed by atoms with Gasteiger partial charge in [0.05, 0.1) is 32.6 Å². The highest BCUT2D eigenvalue weighted by atomic mass is 32.2. The number of methoxy groups -OCH3 is 1. The van der Waals surface area contributed by atoms with E-state index in [-0.39, 0.29) is 27.5 Å². The maximum absolute atomic E-state index is 14.4. The van der Waals surface area contributed by atoms with Crippen molar-refractivity contribution in [3.63, 3.8) is 0 Å². The highest BCUT2D eigenvalue weighted by Crippen LogP contribution is 2.47. The molecule has 1 fully saturated rings. The normalized spacial score (nSPS) is 28.7. The molecule has 3 heterocycles. The molecule has 1 aliphatic carbocycles. The molecule has 43 heavy (non-hydrogen) atoms. The SMILES string of the molecule is [2H]C([2H])([2H])N1CCOCCN(C([2H])([2H])[2H])S(=O)(=O)NC(=O)c2ccc3c(C4CC([2H])([2H])C([2H])([2H])C([2H])([2H])C4)c4n(c3c2)CC(=Cc2cc(OC)ccc2-4)C1=O. The van der Waals surface area contributed by atoms with Crippen molar-refractivity contribution in [1.29, 1.82) is 0 Å². The lowest BCUT2D eigenvalue weighted by atomic mass is 9.81. The summed E-state index contributed by atoms with van der Waals surface area (Å²) < 4.78 is 141. The van der Waals surface area contributed by atoms with Crippen LogP contribution in [0.4, 0.5) is 0 Å². The second-order valence-corrected chi connectivity index (χ2v) is 12.0. The van der Waals surface area contributed by atoms with Gasteiger partial charge >= 0.3 is 10.2 Å². The lowest BCUT2D eigenvalue weighted by molar-refractivity contribution is -0.126. The van der Waals surface area contributed by atoms with Crippen molar-refractivity contribution in [2.24, 2.45) is 0 Å². The molecule has 2 amide bonds. The number of fused-ring (bicyclic) bond motifs is 4. The molecule has 2 aliphatic heterocycles. The predicted molar refractivity (Wildman–Crippen MR) is 165 cm³/mol. The number of nitrogens with zero attached hydrogens (tertiary/aromatic N) is 3. The Morgan fingerprint density at radius 2 is 1.86 bits per heavy atom. The van der Waals surface area contributed by atoms with Crippen LogP contribution in [-0.4, -0.2) is 81.4 Å². The standard InChI is InChI=1S/C32H38N4O6S/c1-34-13-15-42-16-14-35(2)43(39,40)33-31(37)22-9-11-27-28(19-22)36-20-24(32(34)38)17-23-18-25(41-3)10-12-26(23)30(36)29(27)21-7-5-4-6-8-21/h9-12,17-19,21H,4-8,13-16,20H2,1-3H3,(H,33,37)/i1D3,2D3,4D2,5D2,6D2. The van der Waals surface area contributed by atoms with Gasteiger partial charge in [-0.15, -0.1) is 0 Å². The van der Waals surface area contributed by atoms with Crippen LogP contribution in [0, 0.1) is 0 Å². The Morgan fingerprint density at radius 3 is 2.63 bits per heavy atom. The van der Waals surface area contributed by atoms with Gasteiger partial charge < -0.3 is 18.9 Å². The van der Waals surface area contributed by atoms with Crippen molar-refractivity contribution in [2.45, 2.75) is 44.4 Å². The van der Waals surface area contributed by atoms with Gasteiger partial charge in [-0.3, -0.25) is 9.59 Å². The molecule has 3 aliphatic rings. The van der Waals surface area contributed by atoms with Crippen LogP contribution in [0.15, 0.2) is 42.0 Å². The van der Waals surface area contributed by atoms with E-state index in [0.717, 1.165) is 0 Å². The number of benzene rings is 2. The van der Waals surface area contributed by atoms with Crippen LogP contribution in [0.5, 0.6) is 5.75 Å². The van der Waals surface area contributed by atoms with Crippen LogP contribution in [0.25, 0.3) is 28.2 Å². The van der Waals surface area contributed by atoms with Crippen LogP contribution in [0.2, 0.25) is 0 Å². The number of hydrogen-bond donors (Lipinski definition) is 1. The summed E-state index contributed by atoms with van der Waals surface area (Å²) in [5.74, 6) is -2.76. The zero-order chi connectivity index (χ0) is 40.7. The summed E-state index contributed by atoms with van der Waals surface area (Å²) >= 11 is 0. The number of likely N-dealkylation sites (N-methyl/N-ethyl adjacent to an activating group) is 2. The van der Waals surface area contributed by atoms with Gasteiger partial charge in [0.2, 0.25) is 0 Å².